The molecule has 0 unspecified atom stereocenters. The second-order valence-electron chi connectivity index (χ2n) is 5.34. The minimum atomic E-state index is -0.514. The van der Waals surface area contributed by atoms with Gasteiger partial charge >= 0.3 is 0 Å². The predicted molar refractivity (Wildman–Crippen MR) is 90.2 cm³/mol. The molecular formula is C18H13FN4O. The fourth-order valence-electron chi connectivity index (χ4n) is 2.52. The van der Waals surface area contributed by atoms with Gasteiger partial charge in [-0.15, -0.1) is 0 Å². The lowest BCUT2D eigenvalue weighted by molar-refractivity contribution is 0.444. The molecule has 2 aromatic carbocycles. The Labute approximate surface area is 136 Å². The molecule has 5 nitrogen and oxygen atoms in total. The highest BCUT2D eigenvalue weighted by Gasteiger charge is 2.13. The molecule has 6 heteroatoms. The standard InChI is InChI=1S/C18H13FN4O/c19-15-7-13(20)3-4-17(15)24-18-6-12-10-22-23-16(12)8-14(18)11-2-1-5-21-9-11/h1-10H,20H2,(H,22,23). The summed E-state index contributed by atoms with van der Waals surface area (Å²) in [5, 5.41) is 7.82. The number of aromatic nitrogens is 3. The number of aromatic amines is 1. The Morgan fingerprint density at radius 1 is 1.04 bits per heavy atom. The molecular weight excluding hydrogens is 307 g/mol. The molecule has 0 aliphatic heterocycles. The summed E-state index contributed by atoms with van der Waals surface area (Å²) >= 11 is 0. The quantitative estimate of drug-likeness (QED) is 0.556. The maximum atomic E-state index is 14.1. The number of hydrogen-bond acceptors (Lipinski definition) is 4. The first-order chi connectivity index (χ1) is 11.7. The van der Waals surface area contributed by atoms with Gasteiger partial charge in [0.1, 0.15) is 5.75 Å². The first-order valence-electron chi connectivity index (χ1n) is 7.31. The van der Waals surface area contributed by atoms with Crippen LogP contribution in [0, 0.1) is 5.82 Å². The van der Waals surface area contributed by atoms with Crippen molar-refractivity contribution in [2.75, 3.05) is 5.73 Å². The minimum absolute atomic E-state index is 0.109. The van der Waals surface area contributed by atoms with Crippen molar-refractivity contribution < 1.29 is 9.13 Å². The predicted octanol–water partition coefficient (Wildman–Crippen LogP) is 4.14. The lowest BCUT2D eigenvalue weighted by Gasteiger charge is -2.12. The van der Waals surface area contributed by atoms with E-state index in [0.717, 1.165) is 22.0 Å². The summed E-state index contributed by atoms with van der Waals surface area (Å²) in [4.78, 5) is 4.13. The molecule has 2 aromatic heterocycles. The number of benzene rings is 2. The number of pyridine rings is 1. The lowest BCUT2D eigenvalue weighted by Crippen LogP contribution is -1.93. The smallest absolute Gasteiger partial charge is 0.167 e. The van der Waals surface area contributed by atoms with Crippen molar-refractivity contribution in [3.8, 4) is 22.6 Å². The van der Waals surface area contributed by atoms with E-state index in [4.69, 9.17) is 10.5 Å². The van der Waals surface area contributed by atoms with Gasteiger partial charge in [0.15, 0.2) is 11.6 Å². The fraction of sp³-hybridized carbons (Fsp3) is 0. The zero-order valence-corrected chi connectivity index (χ0v) is 12.5. The third kappa shape index (κ3) is 2.54. The average Bonchev–Trinajstić information content (AvgIpc) is 3.05. The molecule has 0 radical (unpaired) electrons. The van der Waals surface area contributed by atoms with Crippen molar-refractivity contribution in [1.82, 2.24) is 15.2 Å². The van der Waals surface area contributed by atoms with E-state index >= 15 is 0 Å². The van der Waals surface area contributed by atoms with Gasteiger partial charge in [0, 0.05) is 40.7 Å². The Hall–Kier alpha value is -3.41. The van der Waals surface area contributed by atoms with Gasteiger partial charge in [-0.25, -0.2) is 4.39 Å². The van der Waals surface area contributed by atoms with Crippen LogP contribution in [0.5, 0.6) is 11.5 Å². The van der Waals surface area contributed by atoms with Crippen LogP contribution in [0.25, 0.3) is 22.0 Å². The Morgan fingerprint density at radius 3 is 2.75 bits per heavy atom. The molecule has 0 saturated carbocycles. The van der Waals surface area contributed by atoms with Crippen LogP contribution in [-0.4, -0.2) is 15.2 Å². The van der Waals surface area contributed by atoms with E-state index in [1.807, 2.05) is 24.3 Å². The van der Waals surface area contributed by atoms with Crippen LogP contribution in [0.3, 0.4) is 0 Å². The number of ether oxygens (including phenoxy) is 1. The van der Waals surface area contributed by atoms with E-state index < -0.39 is 5.82 Å². The number of hydrogen-bond donors (Lipinski definition) is 2. The number of halogens is 1. The molecule has 0 atom stereocenters. The summed E-state index contributed by atoms with van der Waals surface area (Å²) in [6.07, 6.45) is 5.11. The minimum Gasteiger partial charge on any atom is -0.454 e. The van der Waals surface area contributed by atoms with Crippen LogP contribution in [-0.2, 0) is 0 Å². The second kappa shape index (κ2) is 5.66. The largest absolute Gasteiger partial charge is 0.454 e. The van der Waals surface area contributed by atoms with Gasteiger partial charge in [0.2, 0.25) is 0 Å². The number of nitrogens with two attached hydrogens (primary N) is 1. The van der Waals surface area contributed by atoms with Gasteiger partial charge in [0.25, 0.3) is 0 Å². The highest BCUT2D eigenvalue weighted by Crippen LogP contribution is 2.37. The summed E-state index contributed by atoms with van der Waals surface area (Å²) in [7, 11) is 0. The molecule has 2 heterocycles. The zero-order valence-electron chi connectivity index (χ0n) is 12.5. The fourth-order valence-corrected chi connectivity index (χ4v) is 2.52. The molecule has 4 rings (SSSR count). The number of anilines is 1. The topological polar surface area (TPSA) is 76.8 Å². The number of nitrogens with one attached hydrogen (secondary N) is 1. The summed E-state index contributed by atoms with van der Waals surface area (Å²) in [6.45, 7) is 0. The van der Waals surface area contributed by atoms with Gasteiger partial charge in [-0.3, -0.25) is 10.1 Å². The summed E-state index contributed by atoms with van der Waals surface area (Å²) in [6, 6.07) is 11.8. The molecule has 0 bridgehead atoms. The van der Waals surface area contributed by atoms with Crippen molar-refractivity contribution in [3.63, 3.8) is 0 Å². The summed E-state index contributed by atoms with van der Waals surface area (Å²) < 4.78 is 19.9. The summed E-state index contributed by atoms with van der Waals surface area (Å²) in [5.41, 5.74) is 8.44. The van der Waals surface area contributed by atoms with E-state index in [1.54, 1.807) is 24.7 Å². The van der Waals surface area contributed by atoms with Crippen molar-refractivity contribution in [1.29, 1.82) is 0 Å². The molecule has 3 N–H and O–H groups in total. The van der Waals surface area contributed by atoms with Crippen molar-refractivity contribution >= 4 is 16.6 Å². The molecule has 0 spiro atoms. The molecule has 0 saturated heterocycles. The molecule has 118 valence electrons. The van der Waals surface area contributed by atoms with Gasteiger partial charge in [-0.1, -0.05) is 6.07 Å². The van der Waals surface area contributed by atoms with Gasteiger partial charge in [-0.2, -0.15) is 5.10 Å². The van der Waals surface area contributed by atoms with Crippen LogP contribution in [0.15, 0.2) is 61.1 Å². The third-order valence-corrected chi connectivity index (χ3v) is 3.69. The Balaban J connectivity index is 1.86. The highest BCUT2D eigenvalue weighted by atomic mass is 19.1. The number of nitrogens with zero attached hydrogens (tertiary/aromatic N) is 2. The van der Waals surface area contributed by atoms with Crippen LogP contribution in [0.1, 0.15) is 0 Å². The van der Waals surface area contributed by atoms with Crippen LogP contribution in [0.2, 0.25) is 0 Å². The maximum absolute atomic E-state index is 14.1. The lowest BCUT2D eigenvalue weighted by atomic mass is 10.0. The van der Waals surface area contributed by atoms with Gasteiger partial charge in [-0.05, 0) is 30.3 Å². The molecule has 0 aliphatic rings. The van der Waals surface area contributed by atoms with E-state index in [9.17, 15) is 4.39 Å². The second-order valence-corrected chi connectivity index (χ2v) is 5.34. The molecule has 0 aliphatic carbocycles. The normalized spacial score (nSPS) is 10.9. The van der Waals surface area contributed by atoms with Crippen molar-refractivity contribution in [3.05, 3.63) is 66.9 Å². The number of rotatable bonds is 3. The monoisotopic (exact) mass is 320 g/mol. The van der Waals surface area contributed by atoms with Gasteiger partial charge in [0.05, 0.1) is 11.7 Å². The van der Waals surface area contributed by atoms with E-state index in [2.05, 4.69) is 15.2 Å². The van der Waals surface area contributed by atoms with Crippen LogP contribution in [0.4, 0.5) is 10.1 Å². The third-order valence-electron chi connectivity index (χ3n) is 3.69. The van der Waals surface area contributed by atoms with Crippen molar-refractivity contribution in [2.45, 2.75) is 0 Å². The first kappa shape index (κ1) is 14.2. The van der Waals surface area contributed by atoms with Gasteiger partial charge < -0.3 is 10.5 Å². The first-order valence-corrected chi connectivity index (χ1v) is 7.31. The average molecular weight is 320 g/mol. The Bertz CT molecular complexity index is 1010. The van der Waals surface area contributed by atoms with Crippen LogP contribution < -0.4 is 10.5 Å². The number of fused-ring (bicyclic) bond motifs is 1. The van der Waals surface area contributed by atoms with E-state index in [-0.39, 0.29) is 5.75 Å². The Morgan fingerprint density at radius 2 is 1.96 bits per heavy atom. The summed E-state index contributed by atoms with van der Waals surface area (Å²) in [5.74, 6) is 0.109. The molecule has 4 aromatic rings. The van der Waals surface area contributed by atoms with Crippen molar-refractivity contribution in [2.24, 2.45) is 0 Å². The van der Waals surface area contributed by atoms with E-state index in [1.165, 1.54) is 12.1 Å². The highest BCUT2D eigenvalue weighted by molar-refractivity contribution is 5.87. The number of nitrogen functional groups attached to an aromatic ring is 1. The van der Waals surface area contributed by atoms with Crippen LogP contribution >= 0.6 is 0 Å². The molecule has 24 heavy (non-hydrogen) atoms. The maximum Gasteiger partial charge on any atom is 0.167 e. The molecule has 0 fully saturated rings. The Kier molecular flexibility index (Phi) is 3.35. The number of H-pyrrole nitrogens is 1. The zero-order chi connectivity index (χ0) is 16.5. The SMILES string of the molecule is Nc1ccc(Oc2cc3cn[nH]c3cc2-c2cccnc2)c(F)c1. The molecule has 0 amide bonds. The van der Waals surface area contributed by atoms with E-state index in [0.29, 0.717) is 11.4 Å².